The van der Waals surface area contributed by atoms with E-state index in [1.807, 2.05) is 0 Å². The van der Waals surface area contributed by atoms with Crippen LogP contribution in [0.5, 0.6) is 23.0 Å². The first kappa shape index (κ1) is 31.9. The number of phenols is 2. The molecule has 3 aromatic rings. The topological polar surface area (TPSA) is 269 Å². The van der Waals surface area contributed by atoms with E-state index in [4.69, 9.17) is 23.4 Å². The van der Waals surface area contributed by atoms with Crippen molar-refractivity contribution < 1.29 is 74.4 Å². The number of benzene rings is 2. The highest BCUT2D eigenvalue weighted by atomic mass is 16.7. The Kier molecular flexibility index (Phi) is 9.01. The lowest BCUT2D eigenvalue weighted by molar-refractivity contribution is -0.278. The first-order valence-corrected chi connectivity index (χ1v) is 13.4. The predicted molar refractivity (Wildman–Crippen MR) is 145 cm³/mol. The van der Waals surface area contributed by atoms with Crippen molar-refractivity contribution in [3.05, 3.63) is 46.1 Å². The number of aliphatic hydroxyl groups excluding tert-OH is 8. The molecule has 1 aromatic heterocycles. The molecule has 2 saturated heterocycles. The maximum absolute atomic E-state index is 13.4. The zero-order chi connectivity index (χ0) is 32.0. The van der Waals surface area contributed by atoms with Crippen molar-refractivity contribution in [2.45, 2.75) is 61.2 Å². The number of aliphatic hydroxyl groups is 8. The summed E-state index contributed by atoms with van der Waals surface area (Å²) in [4.78, 5) is 13.4. The number of rotatable bonds is 7. The highest BCUT2D eigenvalue weighted by Crippen LogP contribution is 2.46. The molecular weight excluding hydrogens is 592 g/mol. The van der Waals surface area contributed by atoms with Crippen molar-refractivity contribution in [2.24, 2.45) is 0 Å². The molecule has 240 valence electrons. The van der Waals surface area contributed by atoms with Gasteiger partial charge in [-0.05, 0) is 18.2 Å². The summed E-state index contributed by atoms with van der Waals surface area (Å²) in [7, 11) is 1.32. The van der Waals surface area contributed by atoms with Gasteiger partial charge in [-0.25, -0.2) is 0 Å². The van der Waals surface area contributed by atoms with Gasteiger partial charge in [-0.1, -0.05) is 0 Å². The fourth-order valence-corrected chi connectivity index (χ4v) is 5.27. The quantitative estimate of drug-likeness (QED) is 0.131. The van der Waals surface area contributed by atoms with E-state index in [0.717, 1.165) is 12.1 Å². The normalized spacial score (nSPS) is 32.5. The highest BCUT2D eigenvalue weighted by molar-refractivity contribution is 5.88. The van der Waals surface area contributed by atoms with Crippen LogP contribution in [-0.2, 0) is 9.47 Å². The molecule has 0 aliphatic carbocycles. The smallest absolute Gasteiger partial charge is 0.229 e. The average Bonchev–Trinajstić information content (AvgIpc) is 3.00. The summed E-state index contributed by atoms with van der Waals surface area (Å²) < 4.78 is 27.8. The largest absolute Gasteiger partial charge is 0.506 e. The Labute approximate surface area is 247 Å². The monoisotopic (exact) mass is 624 g/mol. The molecule has 0 spiro atoms. The Morgan fingerprint density at radius 3 is 2.05 bits per heavy atom. The molecule has 5 rings (SSSR count). The van der Waals surface area contributed by atoms with Gasteiger partial charge in [0.15, 0.2) is 16.9 Å². The molecule has 10 atom stereocenters. The summed E-state index contributed by atoms with van der Waals surface area (Å²) in [5.74, 6) is -1.50. The predicted octanol–water partition coefficient (Wildman–Crippen LogP) is -2.43. The van der Waals surface area contributed by atoms with Gasteiger partial charge in [0.05, 0.1) is 25.9 Å². The summed E-state index contributed by atoms with van der Waals surface area (Å²) >= 11 is 0. The lowest BCUT2D eigenvalue weighted by atomic mass is 9.89. The van der Waals surface area contributed by atoms with Crippen LogP contribution in [0.2, 0.25) is 0 Å². The molecule has 10 N–H and O–H groups in total. The second-order valence-corrected chi connectivity index (χ2v) is 10.4. The minimum Gasteiger partial charge on any atom is -0.506 e. The van der Waals surface area contributed by atoms with Crippen molar-refractivity contribution in [1.29, 1.82) is 0 Å². The van der Waals surface area contributed by atoms with Gasteiger partial charge in [-0.2, -0.15) is 0 Å². The van der Waals surface area contributed by atoms with E-state index in [2.05, 4.69) is 0 Å². The van der Waals surface area contributed by atoms with Gasteiger partial charge in [0.25, 0.3) is 0 Å². The molecular formula is C28H32O16. The van der Waals surface area contributed by atoms with Crippen molar-refractivity contribution in [3.63, 3.8) is 0 Å². The van der Waals surface area contributed by atoms with Crippen LogP contribution in [0, 0.1) is 0 Å². The van der Waals surface area contributed by atoms with Crippen LogP contribution in [0.15, 0.2) is 39.5 Å². The third-order valence-corrected chi connectivity index (χ3v) is 7.73. The Balaban J connectivity index is 1.69. The molecule has 0 amide bonds. The third-order valence-electron chi connectivity index (χ3n) is 7.73. The Morgan fingerprint density at radius 2 is 1.41 bits per heavy atom. The molecule has 16 heteroatoms. The van der Waals surface area contributed by atoms with Crippen molar-refractivity contribution in [1.82, 2.24) is 0 Å². The van der Waals surface area contributed by atoms with E-state index >= 15 is 0 Å². The minimum absolute atomic E-state index is 0.0421. The van der Waals surface area contributed by atoms with Crippen LogP contribution < -0.4 is 14.9 Å². The standard InChI is InChI=1S/C28H32O16/c1-40-13-4-9(2-3-10(13)31)12-5-11(32)18-14(41-12)6-15(43-28-26(39)24(37)21(34)17(8-30)44-28)19(22(18)35)27-25(38)23(36)20(33)16(7-29)42-27/h2-6,16-17,20-21,23-31,33-39H,7-8H2,1H3/t16-,17-,20-,21-,23+,24+,25-,26-,27+,28-/m1/s1. The molecule has 0 unspecified atom stereocenters. The Hall–Kier alpha value is -3.55. The van der Waals surface area contributed by atoms with Gasteiger partial charge in [0, 0.05) is 17.7 Å². The second kappa shape index (κ2) is 12.4. The van der Waals surface area contributed by atoms with Crippen LogP contribution >= 0.6 is 0 Å². The lowest BCUT2D eigenvalue weighted by Gasteiger charge is -2.42. The number of aromatic hydroxyl groups is 2. The Morgan fingerprint density at radius 1 is 0.773 bits per heavy atom. The van der Waals surface area contributed by atoms with Gasteiger partial charge in [-0.3, -0.25) is 4.79 Å². The van der Waals surface area contributed by atoms with Gasteiger partial charge >= 0.3 is 0 Å². The van der Waals surface area contributed by atoms with E-state index in [0.29, 0.717) is 0 Å². The summed E-state index contributed by atoms with van der Waals surface area (Å²) in [5.41, 5.74) is -1.30. The maximum atomic E-state index is 13.4. The average molecular weight is 625 g/mol. The van der Waals surface area contributed by atoms with Crippen LogP contribution in [0.1, 0.15) is 11.7 Å². The van der Waals surface area contributed by atoms with E-state index in [1.54, 1.807) is 0 Å². The van der Waals surface area contributed by atoms with Crippen molar-refractivity contribution in [2.75, 3.05) is 20.3 Å². The molecule has 0 saturated carbocycles. The fraction of sp³-hybridized carbons (Fsp3) is 0.464. The number of hydrogen-bond donors (Lipinski definition) is 10. The fourth-order valence-electron chi connectivity index (χ4n) is 5.27. The summed E-state index contributed by atoms with van der Waals surface area (Å²) in [6.07, 6.45) is -17.5. The number of ether oxygens (including phenoxy) is 4. The summed E-state index contributed by atoms with van der Waals surface area (Å²) in [6.45, 7) is -1.61. The molecule has 2 fully saturated rings. The lowest BCUT2D eigenvalue weighted by Crippen LogP contribution is -2.60. The molecule has 3 heterocycles. The number of methoxy groups -OCH3 is 1. The SMILES string of the molecule is COc1cc(-c2cc(=O)c3c(O)c([C@@H]4O[C@H](CO)[C@@H](O)[C@H](O)[C@H]4O)c(O[C@@H]4O[C@H](CO)[C@@H](O)[C@H](O)[C@H]4O)cc3o2)ccc1O. The van der Waals surface area contributed by atoms with Gasteiger partial charge < -0.3 is 74.4 Å². The van der Waals surface area contributed by atoms with E-state index in [-0.39, 0.29) is 28.4 Å². The minimum atomic E-state index is -1.95. The summed E-state index contributed by atoms with van der Waals surface area (Å²) in [6, 6.07) is 6.20. The van der Waals surface area contributed by atoms with Gasteiger partial charge in [0.2, 0.25) is 6.29 Å². The van der Waals surface area contributed by atoms with Crippen LogP contribution in [0.4, 0.5) is 0 Å². The maximum Gasteiger partial charge on any atom is 0.229 e. The number of hydrogen-bond acceptors (Lipinski definition) is 16. The Bertz CT molecular complexity index is 1550. The summed E-state index contributed by atoms with van der Waals surface area (Å²) in [5, 5.41) is 103. The van der Waals surface area contributed by atoms with Gasteiger partial charge in [-0.15, -0.1) is 0 Å². The first-order chi connectivity index (χ1) is 20.9. The molecule has 16 nitrogen and oxygen atoms in total. The zero-order valence-electron chi connectivity index (χ0n) is 23.0. The first-order valence-electron chi connectivity index (χ1n) is 13.4. The van der Waals surface area contributed by atoms with Crippen LogP contribution in [-0.4, -0.2) is 127 Å². The van der Waals surface area contributed by atoms with Crippen LogP contribution in [0.3, 0.4) is 0 Å². The van der Waals surface area contributed by atoms with Crippen molar-refractivity contribution >= 4 is 11.0 Å². The molecule has 0 bridgehead atoms. The third kappa shape index (κ3) is 5.45. The number of fused-ring (bicyclic) bond motifs is 1. The molecule has 2 aliphatic heterocycles. The zero-order valence-corrected chi connectivity index (χ0v) is 23.0. The second-order valence-electron chi connectivity index (χ2n) is 10.4. The molecule has 2 aliphatic rings. The highest BCUT2D eigenvalue weighted by Gasteiger charge is 2.48. The number of phenolic OH excluding ortho intramolecular Hbond substituents is 2. The van der Waals surface area contributed by atoms with Crippen LogP contribution in [0.25, 0.3) is 22.3 Å². The van der Waals surface area contributed by atoms with E-state index < -0.39 is 102 Å². The van der Waals surface area contributed by atoms with E-state index in [1.165, 1.54) is 25.3 Å². The van der Waals surface area contributed by atoms with Gasteiger partial charge in [0.1, 0.15) is 83.2 Å². The van der Waals surface area contributed by atoms with E-state index in [9.17, 15) is 55.9 Å². The molecule has 44 heavy (non-hydrogen) atoms. The molecule has 0 radical (unpaired) electrons. The molecule has 2 aromatic carbocycles. The van der Waals surface area contributed by atoms with Crippen molar-refractivity contribution in [3.8, 4) is 34.3 Å².